The molecule has 3 nitrogen and oxygen atoms in total. The third-order valence-corrected chi connectivity index (χ3v) is 2.95. The van der Waals surface area contributed by atoms with Crippen LogP contribution in [0.1, 0.15) is 19.8 Å². The van der Waals surface area contributed by atoms with E-state index in [0.29, 0.717) is 12.6 Å². The molecular weight excluding hydrogens is 282 g/mol. The number of rotatable bonds is 8. The fourth-order valence-corrected chi connectivity index (χ4v) is 1.91. The van der Waals surface area contributed by atoms with Crippen molar-refractivity contribution in [1.29, 1.82) is 0 Å². The lowest BCUT2D eigenvalue weighted by atomic mass is 10.2. The maximum Gasteiger partial charge on any atom is 0.120 e. The summed E-state index contributed by atoms with van der Waals surface area (Å²) in [6.45, 7) is 3.86. The van der Waals surface area contributed by atoms with E-state index < -0.39 is 0 Å². The van der Waals surface area contributed by atoms with E-state index in [4.69, 9.17) is 9.84 Å². The fraction of sp³-hybridized carbons (Fsp3) is 0.538. The summed E-state index contributed by atoms with van der Waals surface area (Å²) in [5, 5.41) is 12.1. The first-order chi connectivity index (χ1) is 8.22. The lowest BCUT2D eigenvalue weighted by Gasteiger charge is -2.13. The van der Waals surface area contributed by atoms with E-state index in [2.05, 4.69) is 28.2 Å². The highest BCUT2D eigenvalue weighted by Gasteiger charge is 2.00. The van der Waals surface area contributed by atoms with Crippen LogP contribution in [0.25, 0.3) is 0 Å². The van der Waals surface area contributed by atoms with Crippen LogP contribution in [-0.4, -0.2) is 30.9 Å². The van der Waals surface area contributed by atoms with E-state index in [1.54, 1.807) is 0 Å². The maximum atomic E-state index is 8.70. The molecule has 0 heterocycles. The monoisotopic (exact) mass is 301 g/mol. The second kappa shape index (κ2) is 8.50. The quantitative estimate of drug-likeness (QED) is 0.725. The Bertz CT molecular complexity index is 320. The Morgan fingerprint density at radius 2 is 2.29 bits per heavy atom. The van der Waals surface area contributed by atoms with Crippen molar-refractivity contribution in [1.82, 2.24) is 5.32 Å². The maximum absolute atomic E-state index is 8.70. The summed E-state index contributed by atoms with van der Waals surface area (Å²) in [6, 6.07) is 8.25. The molecule has 0 aliphatic carbocycles. The molecule has 0 saturated carbocycles. The van der Waals surface area contributed by atoms with Gasteiger partial charge in [0.15, 0.2) is 0 Å². The molecule has 0 saturated heterocycles. The molecule has 1 unspecified atom stereocenters. The van der Waals surface area contributed by atoms with Crippen LogP contribution in [0.15, 0.2) is 28.7 Å². The second-order valence-corrected chi connectivity index (χ2v) is 4.94. The molecule has 0 spiro atoms. The van der Waals surface area contributed by atoms with Gasteiger partial charge in [0.05, 0.1) is 0 Å². The number of hydrogen-bond acceptors (Lipinski definition) is 3. The summed E-state index contributed by atoms with van der Waals surface area (Å²) in [6.07, 6.45) is 1.84. The van der Waals surface area contributed by atoms with E-state index in [0.717, 1.165) is 29.6 Å². The van der Waals surface area contributed by atoms with Crippen LogP contribution < -0.4 is 10.1 Å². The van der Waals surface area contributed by atoms with E-state index in [9.17, 15) is 0 Å². The number of hydrogen-bond donors (Lipinski definition) is 2. The first-order valence-electron chi connectivity index (χ1n) is 5.95. The molecule has 17 heavy (non-hydrogen) atoms. The fourth-order valence-electron chi connectivity index (χ4n) is 1.53. The predicted octanol–water partition coefficient (Wildman–Crippen LogP) is 2.58. The Hall–Kier alpha value is -0.580. The van der Waals surface area contributed by atoms with Crippen molar-refractivity contribution >= 4 is 15.9 Å². The molecule has 0 aliphatic heterocycles. The average molecular weight is 302 g/mol. The van der Waals surface area contributed by atoms with Crippen LogP contribution in [0, 0.1) is 0 Å². The van der Waals surface area contributed by atoms with Gasteiger partial charge >= 0.3 is 0 Å². The minimum atomic E-state index is 0.264. The molecule has 1 aromatic rings. The van der Waals surface area contributed by atoms with Gasteiger partial charge in [0.2, 0.25) is 0 Å². The van der Waals surface area contributed by atoms with E-state index >= 15 is 0 Å². The lowest BCUT2D eigenvalue weighted by molar-refractivity contribution is 0.270. The summed E-state index contributed by atoms with van der Waals surface area (Å²) >= 11 is 3.40. The largest absolute Gasteiger partial charge is 0.492 e. The van der Waals surface area contributed by atoms with Crippen molar-refractivity contribution in [2.24, 2.45) is 0 Å². The van der Waals surface area contributed by atoms with Crippen molar-refractivity contribution in [2.45, 2.75) is 25.8 Å². The standard InChI is InChI=1S/C13H20BrNO2/c1-11(4-3-8-16)15-7-9-17-13-6-2-5-12(14)10-13/h2,5-6,10-11,15-16H,3-4,7-9H2,1H3. The Morgan fingerprint density at radius 3 is 3.00 bits per heavy atom. The Balaban J connectivity index is 2.11. The number of aliphatic hydroxyl groups is 1. The van der Waals surface area contributed by atoms with Crippen LogP contribution in [0.3, 0.4) is 0 Å². The Morgan fingerprint density at radius 1 is 1.47 bits per heavy atom. The molecule has 0 fully saturated rings. The van der Waals surface area contributed by atoms with Gasteiger partial charge in [-0.25, -0.2) is 0 Å². The van der Waals surface area contributed by atoms with Crippen molar-refractivity contribution < 1.29 is 9.84 Å². The Labute approximate surface area is 111 Å². The molecule has 0 amide bonds. The van der Waals surface area contributed by atoms with Gasteiger partial charge < -0.3 is 15.2 Å². The summed E-state index contributed by atoms with van der Waals surface area (Å²) < 4.78 is 6.63. The lowest BCUT2D eigenvalue weighted by Crippen LogP contribution is -2.30. The number of aliphatic hydroxyl groups excluding tert-OH is 1. The molecule has 1 atom stereocenters. The smallest absolute Gasteiger partial charge is 0.120 e. The molecule has 4 heteroatoms. The topological polar surface area (TPSA) is 41.5 Å². The summed E-state index contributed by atoms with van der Waals surface area (Å²) in [5.41, 5.74) is 0. The van der Waals surface area contributed by atoms with Gasteiger partial charge in [0.1, 0.15) is 12.4 Å². The van der Waals surface area contributed by atoms with Gasteiger partial charge in [-0.3, -0.25) is 0 Å². The van der Waals surface area contributed by atoms with Gasteiger partial charge in [-0.2, -0.15) is 0 Å². The highest BCUT2D eigenvalue weighted by atomic mass is 79.9. The number of nitrogens with one attached hydrogen (secondary N) is 1. The minimum absolute atomic E-state index is 0.264. The van der Waals surface area contributed by atoms with E-state index in [1.165, 1.54) is 0 Å². The average Bonchev–Trinajstić information content (AvgIpc) is 2.32. The van der Waals surface area contributed by atoms with Gasteiger partial charge in [0.25, 0.3) is 0 Å². The second-order valence-electron chi connectivity index (χ2n) is 4.03. The predicted molar refractivity (Wildman–Crippen MR) is 73.4 cm³/mol. The van der Waals surface area contributed by atoms with Gasteiger partial charge in [0, 0.05) is 23.7 Å². The molecule has 0 bridgehead atoms. The molecule has 1 aromatic carbocycles. The molecular formula is C13H20BrNO2. The van der Waals surface area contributed by atoms with Crippen molar-refractivity contribution in [3.05, 3.63) is 28.7 Å². The number of benzene rings is 1. The van der Waals surface area contributed by atoms with E-state index in [1.807, 2.05) is 24.3 Å². The summed E-state index contributed by atoms with van der Waals surface area (Å²) in [7, 11) is 0. The first-order valence-corrected chi connectivity index (χ1v) is 6.74. The zero-order chi connectivity index (χ0) is 12.5. The zero-order valence-electron chi connectivity index (χ0n) is 10.2. The molecule has 0 aromatic heterocycles. The van der Waals surface area contributed by atoms with Gasteiger partial charge in [-0.05, 0) is 38.0 Å². The van der Waals surface area contributed by atoms with Crippen LogP contribution in [0.5, 0.6) is 5.75 Å². The summed E-state index contributed by atoms with van der Waals surface area (Å²) in [4.78, 5) is 0. The molecule has 1 rings (SSSR count). The molecule has 0 aliphatic rings. The van der Waals surface area contributed by atoms with Crippen LogP contribution in [0.4, 0.5) is 0 Å². The molecule has 96 valence electrons. The van der Waals surface area contributed by atoms with Gasteiger partial charge in [-0.15, -0.1) is 0 Å². The van der Waals surface area contributed by atoms with Crippen LogP contribution >= 0.6 is 15.9 Å². The molecule has 2 N–H and O–H groups in total. The van der Waals surface area contributed by atoms with Crippen LogP contribution in [-0.2, 0) is 0 Å². The third kappa shape index (κ3) is 6.66. The number of ether oxygens (including phenoxy) is 1. The van der Waals surface area contributed by atoms with Crippen molar-refractivity contribution in [3.8, 4) is 5.75 Å². The SMILES string of the molecule is CC(CCCO)NCCOc1cccc(Br)c1. The highest BCUT2D eigenvalue weighted by Crippen LogP contribution is 2.17. The van der Waals surface area contributed by atoms with Crippen LogP contribution in [0.2, 0.25) is 0 Å². The third-order valence-electron chi connectivity index (χ3n) is 2.45. The van der Waals surface area contributed by atoms with E-state index in [-0.39, 0.29) is 6.61 Å². The van der Waals surface area contributed by atoms with Crippen molar-refractivity contribution in [3.63, 3.8) is 0 Å². The summed E-state index contributed by atoms with van der Waals surface area (Å²) in [5.74, 6) is 0.879. The van der Waals surface area contributed by atoms with Crippen molar-refractivity contribution in [2.75, 3.05) is 19.8 Å². The zero-order valence-corrected chi connectivity index (χ0v) is 11.7. The van der Waals surface area contributed by atoms with Gasteiger partial charge in [-0.1, -0.05) is 22.0 Å². The molecule has 0 radical (unpaired) electrons. The normalized spacial score (nSPS) is 12.4. The highest BCUT2D eigenvalue weighted by molar-refractivity contribution is 9.10. The first kappa shape index (κ1) is 14.5. The number of halogens is 1. The minimum Gasteiger partial charge on any atom is -0.492 e. The Kier molecular flexibility index (Phi) is 7.24.